The van der Waals surface area contributed by atoms with Crippen molar-refractivity contribution in [3.63, 3.8) is 0 Å². The Hall–Kier alpha value is -1.75. The fourth-order valence-electron chi connectivity index (χ4n) is 4.18. The predicted octanol–water partition coefficient (Wildman–Crippen LogP) is 2.54. The quantitative estimate of drug-likeness (QED) is 0.627. The monoisotopic (exact) mass is 358 g/mol. The molecule has 5 nitrogen and oxygen atoms in total. The number of benzene rings is 1. The highest BCUT2D eigenvalue weighted by Gasteiger charge is 2.27. The van der Waals surface area contributed by atoms with Gasteiger partial charge in [0.05, 0.1) is 7.11 Å². The summed E-state index contributed by atoms with van der Waals surface area (Å²) in [5.74, 6) is 2.80. The van der Waals surface area contributed by atoms with E-state index in [1.807, 2.05) is 7.05 Å². The predicted molar refractivity (Wildman–Crippen MR) is 108 cm³/mol. The van der Waals surface area contributed by atoms with Gasteiger partial charge in [-0.05, 0) is 68.8 Å². The second-order valence-corrected chi connectivity index (χ2v) is 7.64. The van der Waals surface area contributed by atoms with Crippen molar-refractivity contribution >= 4 is 5.96 Å². The van der Waals surface area contributed by atoms with Gasteiger partial charge in [0.2, 0.25) is 0 Å². The van der Waals surface area contributed by atoms with Gasteiger partial charge in [0.25, 0.3) is 0 Å². The van der Waals surface area contributed by atoms with E-state index in [0.717, 1.165) is 43.7 Å². The van der Waals surface area contributed by atoms with Crippen LogP contribution in [0.4, 0.5) is 0 Å². The maximum Gasteiger partial charge on any atom is 0.193 e. The van der Waals surface area contributed by atoms with Gasteiger partial charge in [-0.3, -0.25) is 4.99 Å². The summed E-state index contributed by atoms with van der Waals surface area (Å²) in [4.78, 5) is 9.57. The second-order valence-electron chi connectivity index (χ2n) is 7.64. The van der Waals surface area contributed by atoms with Crippen molar-refractivity contribution in [1.82, 2.24) is 15.1 Å². The third-order valence-electron chi connectivity index (χ3n) is 5.68. The first-order chi connectivity index (χ1) is 12.7. The maximum absolute atomic E-state index is 5.43. The van der Waals surface area contributed by atoms with Gasteiger partial charge < -0.3 is 19.9 Å². The minimum atomic E-state index is 0.785. The lowest BCUT2D eigenvalue weighted by Gasteiger charge is -2.23. The summed E-state index contributed by atoms with van der Waals surface area (Å²) in [6, 6.07) is 6.46. The van der Waals surface area contributed by atoms with E-state index >= 15 is 0 Å². The van der Waals surface area contributed by atoms with Crippen LogP contribution in [0.25, 0.3) is 0 Å². The van der Waals surface area contributed by atoms with Crippen molar-refractivity contribution in [2.24, 2.45) is 10.9 Å². The van der Waals surface area contributed by atoms with Gasteiger partial charge in [0.1, 0.15) is 5.75 Å². The minimum Gasteiger partial charge on any atom is -0.496 e. The fraction of sp³-hybridized carbons (Fsp3) is 0.667. The molecular weight excluding hydrogens is 324 g/mol. The van der Waals surface area contributed by atoms with Crippen LogP contribution in [0.1, 0.15) is 30.4 Å². The second kappa shape index (κ2) is 9.26. The van der Waals surface area contributed by atoms with Crippen LogP contribution < -0.4 is 10.1 Å². The lowest BCUT2D eigenvalue weighted by molar-refractivity contribution is 0.281. The number of methoxy groups -OCH3 is 1. The number of rotatable bonds is 6. The molecule has 1 atom stereocenters. The topological polar surface area (TPSA) is 40.1 Å². The summed E-state index contributed by atoms with van der Waals surface area (Å²) in [5, 5.41) is 3.55. The van der Waals surface area contributed by atoms with Crippen molar-refractivity contribution in [2.75, 3.05) is 53.4 Å². The molecule has 5 heteroatoms. The van der Waals surface area contributed by atoms with Gasteiger partial charge in [-0.2, -0.15) is 0 Å². The zero-order valence-electron chi connectivity index (χ0n) is 16.6. The molecule has 0 spiro atoms. The highest BCUT2D eigenvalue weighted by Crippen LogP contribution is 2.21. The molecule has 0 amide bonds. The number of nitrogens with one attached hydrogen (secondary N) is 1. The first-order valence-electron chi connectivity index (χ1n) is 10.0. The largest absolute Gasteiger partial charge is 0.496 e. The molecule has 2 heterocycles. The molecule has 26 heavy (non-hydrogen) atoms. The molecule has 1 aromatic rings. The number of guanidine groups is 1. The zero-order chi connectivity index (χ0) is 18.4. The maximum atomic E-state index is 5.43. The third kappa shape index (κ3) is 4.91. The molecule has 1 unspecified atom stereocenters. The highest BCUT2D eigenvalue weighted by atomic mass is 16.5. The highest BCUT2D eigenvalue weighted by molar-refractivity contribution is 5.80. The van der Waals surface area contributed by atoms with Crippen molar-refractivity contribution in [3.8, 4) is 5.75 Å². The molecule has 144 valence electrons. The lowest BCUT2D eigenvalue weighted by atomic mass is 10.1. The van der Waals surface area contributed by atoms with Gasteiger partial charge in [0.15, 0.2) is 5.96 Å². The molecule has 2 fully saturated rings. The van der Waals surface area contributed by atoms with Gasteiger partial charge >= 0.3 is 0 Å². The average Bonchev–Trinajstić information content (AvgIpc) is 3.33. The summed E-state index contributed by atoms with van der Waals surface area (Å²) in [6.45, 7) is 9.08. The molecule has 0 aromatic heterocycles. The van der Waals surface area contributed by atoms with E-state index in [4.69, 9.17) is 4.74 Å². The molecule has 1 N–H and O–H groups in total. The number of nitrogens with zero attached hydrogens (tertiary/aromatic N) is 3. The van der Waals surface area contributed by atoms with Crippen molar-refractivity contribution < 1.29 is 4.74 Å². The molecule has 2 aliphatic rings. The zero-order valence-corrected chi connectivity index (χ0v) is 16.6. The van der Waals surface area contributed by atoms with Crippen molar-refractivity contribution in [1.29, 1.82) is 0 Å². The molecule has 0 radical (unpaired) electrons. The molecule has 2 saturated heterocycles. The van der Waals surface area contributed by atoms with Gasteiger partial charge in [-0.25, -0.2) is 0 Å². The van der Waals surface area contributed by atoms with Crippen LogP contribution in [0.2, 0.25) is 0 Å². The van der Waals surface area contributed by atoms with Crippen LogP contribution in [-0.2, 0) is 6.42 Å². The van der Waals surface area contributed by atoms with E-state index in [1.165, 1.54) is 50.0 Å². The van der Waals surface area contributed by atoms with Crippen LogP contribution >= 0.6 is 0 Å². The Morgan fingerprint density at radius 3 is 2.81 bits per heavy atom. The SMILES string of the molecule is CN=C(NCCc1ccc(C)c(OC)c1)N1CCC(CN2CCCC2)C1. The fourth-order valence-corrected chi connectivity index (χ4v) is 4.18. The number of likely N-dealkylation sites (tertiary alicyclic amines) is 2. The van der Waals surface area contributed by atoms with Crippen LogP contribution in [0.3, 0.4) is 0 Å². The number of ether oxygens (including phenoxy) is 1. The summed E-state index contributed by atoms with van der Waals surface area (Å²) >= 11 is 0. The van der Waals surface area contributed by atoms with E-state index in [-0.39, 0.29) is 0 Å². The van der Waals surface area contributed by atoms with Gasteiger partial charge in [-0.1, -0.05) is 12.1 Å². The molecule has 0 aliphatic carbocycles. The number of hydrogen-bond donors (Lipinski definition) is 1. The Morgan fingerprint density at radius 2 is 2.08 bits per heavy atom. The third-order valence-corrected chi connectivity index (χ3v) is 5.68. The van der Waals surface area contributed by atoms with Crippen molar-refractivity contribution in [2.45, 2.75) is 32.6 Å². The Morgan fingerprint density at radius 1 is 1.27 bits per heavy atom. The van der Waals surface area contributed by atoms with Crippen LogP contribution in [-0.4, -0.2) is 69.2 Å². The molecule has 0 bridgehead atoms. The molecular formula is C21H34N4O. The van der Waals surface area contributed by atoms with E-state index in [1.54, 1.807) is 7.11 Å². The molecule has 2 aliphatic heterocycles. The van der Waals surface area contributed by atoms with E-state index in [9.17, 15) is 0 Å². The number of hydrogen-bond acceptors (Lipinski definition) is 3. The summed E-state index contributed by atoms with van der Waals surface area (Å²) < 4.78 is 5.43. The summed E-state index contributed by atoms with van der Waals surface area (Å²) in [7, 11) is 3.63. The average molecular weight is 359 g/mol. The number of aliphatic imine (C=N–C) groups is 1. The normalized spacial score (nSPS) is 21.4. The number of aryl methyl sites for hydroxylation is 1. The van der Waals surface area contributed by atoms with Crippen LogP contribution in [0.15, 0.2) is 23.2 Å². The standard InChI is InChI=1S/C21H34N4O/c1-17-6-7-18(14-20(17)26-3)8-10-23-21(22-2)25-13-9-19(16-25)15-24-11-4-5-12-24/h6-7,14,19H,4-5,8-13,15-16H2,1-3H3,(H,22,23). The molecule has 1 aromatic carbocycles. The first kappa shape index (κ1) is 19.0. The molecule has 0 saturated carbocycles. The van der Waals surface area contributed by atoms with Gasteiger partial charge in [-0.15, -0.1) is 0 Å². The Balaban J connectivity index is 1.44. The van der Waals surface area contributed by atoms with Crippen LogP contribution in [0, 0.1) is 12.8 Å². The van der Waals surface area contributed by atoms with Gasteiger partial charge in [0, 0.05) is 33.2 Å². The van der Waals surface area contributed by atoms with Crippen molar-refractivity contribution in [3.05, 3.63) is 29.3 Å². The Kier molecular flexibility index (Phi) is 6.78. The Bertz CT molecular complexity index is 610. The van der Waals surface area contributed by atoms with Crippen LogP contribution in [0.5, 0.6) is 5.75 Å². The first-order valence-corrected chi connectivity index (χ1v) is 10.0. The smallest absolute Gasteiger partial charge is 0.193 e. The molecule has 3 rings (SSSR count). The lowest BCUT2D eigenvalue weighted by Crippen LogP contribution is -2.41. The van der Waals surface area contributed by atoms with E-state index in [0.29, 0.717) is 0 Å². The summed E-state index contributed by atoms with van der Waals surface area (Å²) in [5.41, 5.74) is 2.48. The van der Waals surface area contributed by atoms with E-state index in [2.05, 4.69) is 45.2 Å². The minimum absolute atomic E-state index is 0.785. The Labute approximate surface area is 158 Å². The summed E-state index contributed by atoms with van der Waals surface area (Å²) in [6.07, 6.45) is 5.01. The van der Waals surface area contributed by atoms with E-state index < -0.39 is 0 Å².